The third kappa shape index (κ3) is 3.31. The van der Waals surface area contributed by atoms with Crippen LogP contribution in [-0.4, -0.2) is 4.98 Å². The van der Waals surface area contributed by atoms with Crippen LogP contribution in [0.2, 0.25) is 0 Å². The van der Waals surface area contributed by atoms with E-state index in [0.29, 0.717) is 0 Å². The Morgan fingerprint density at radius 1 is 0.667 bits per heavy atom. The molecule has 108 valence electrons. The Labute approximate surface area is 140 Å². The van der Waals surface area contributed by atoms with Crippen molar-refractivity contribution in [2.45, 2.75) is 13.8 Å². The molecule has 1 nitrogen and oxygen atoms in total. The normalized spacial score (nSPS) is 10.0. The number of hydrogen-bond donors (Lipinski definition) is 0. The quantitative estimate of drug-likeness (QED) is 0.530. The summed E-state index contributed by atoms with van der Waals surface area (Å²) in [6, 6.07) is 21.1. The van der Waals surface area contributed by atoms with E-state index in [-0.39, 0.29) is 21.1 Å². The van der Waals surface area contributed by atoms with E-state index in [1.54, 1.807) is 0 Å². The number of nitrogens with zero attached hydrogens (tertiary/aromatic N) is 1. The van der Waals surface area contributed by atoms with Gasteiger partial charge in [-0.25, -0.2) is 0 Å². The molecule has 0 spiro atoms. The molecule has 21 heavy (non-hydrogen) atoms. The van der Waals surface area contributed by atoms with Crippen molar-refractivity contribution in [2.75, 3.05) is 0 Å². The van der Waals surface area contributed by atoms with Gasteiger partial charge < -0.3 is 0 Å². The van der Waals surface area contributed by atoms with Crippen LogP contribution in [0.5, 0.6) is 0 Å². The minimum Gasteiger partial charge on any atom is -0.256 e. The van der Waals surface area contributed by atoms with Gasteiger partial charge in [-0.3, -0.25) is 4.98 Å². The second-order valence-corrected chi connectivity index (χ2v) is 5.06. The van der Waals surface area contributed by atoms with Gasteiger partial charge >= 0.3 is 0 Å². The monoisotopic (exact) mass is 454 g/mol. The fourth-order valence-electron chi connectivity index (χ4n) is 2.61. The van der Waals surface area contributed by atoms with E-state index < -0.39 is 0 Å². The smallest absolute Gasteiger partial charge is 0.0701 e. The maximum absolute atomic E-state index is 4.39. The molecular weight excluding hydrogens is 437 g/mol. The summed E-state index contributed by atoms with van der Waals surface area (Å²) in [7, 11) is 0. The topological polar surface area (TPSA) is 12.9 Å². The molecule has 0 bridgehead atoms. The first-order valence-corrected chi connectivity index (χ1v) is 6.84. The zero-order valence-corrected chi connectivity index (χ0v) is 14.4. The van der Waals surface area contributed by atoms with Crippen LogP contribution in [0.25, 0.3) is 22.4 Å². The van der Waals surface area contributed by atoms with Crippen LogP contribution in [0, 0.1) is 13.8 Å². The first kappa shape index (κ1) is 15.7. The van der Waals surface area contributed by atoms with Crippen molar-refractivity contribution < 1.29 is 21.1 Å². The average molecular weight is 454 g/mol. The Morgan fingerprint density at radius 3 is 1.86 bits per heavy atom. The average Bonchev–Trinajstić information content (AvgIpc) is 2.49. The van der Waals surface area contributed by atoms with Crippen molar-refractivity contribution in [3.8, 4) is 22.4 Å². The molecule has 2 heteroatoms. The Kier molecular flexibility index (Phi) is 5.09. The Morgan fingerprint density at radius 2 is 1.29 bits per heavy atom. The van der Waals surface area contributed by atoms with Crippen LogP contribution in [0.3, 0.4) is 0 Å². The van der Waals surface area contributed by atoms with Crippen LogP contribution in [0.1, 0.15) is 11.1 Å². The van der Waals surface area contributed by atoms with Gasteiger partial charge in [-0.15, -0.1) is 0 Å². The molecule has 0 aliphatic rings. The van der Waals surface area contributed by atoms with Gasteiger partial charge in [0.1, 0.15) is 0 Å². The van der Waals surface area contributed by atoms with Gasteiger partial charge in [0.25, 0.3) is 0 Å². The predicted molar refractivity (Wildman–Crippen MR) is 84.6 cm³/mol. The van der Waals surface area contributed by atoms with Crippen LogP contribution < -0.4 is 0 Å². The molecule has 0 unspecified atom stereocenters. The third-order valence-electron chi connectivity index (χ3n) is 3.62. The molecular formula is C19H17NPt. The van der Waals surface area contributed by atoms with Crippen LogP contribution in [-0.2, 0) is 21.1 Å². The molecule has 0 saturated heterocycles. The summed E-state index contributed by atoms with van der Waals surface area (Å²) in [6.45, 7) is 4.32. The summed E-state index contributed by atoms with van der Waals surface area (Å²) in [5.74, 6) is 0. The van der Waals surface area contributed by atoms with Crippen molar-refractivity contribution >= 4 is 0 Å². The van der Waals surface area contributed by atoms with Crippen molar-refractivity contribution in [1.82, 2.24) is 4.98 Å². The molecule has 0 saturated carbocycles. The maximum atomic E-state index is 4.39. The van der Waals surface area contributed by atoms with Crippen molar-refractivity contribution in [3.63, 3.8) is 0 Å². The van der Waals surface area contributed by atoms with Crippen molar-refractivity contribution in [1.29, 1.82) is 0 Å². The van der Waals surface area contributed by atoms with Crippen molar-refractivity contribution in [3.05, 3.63) is 78.0 Å². The number of rotatable bonds is 2. The molecule has 0 N–H and O–H groups in total. The Balaban J connectivity index is 0.00000161. The Hall–Kier alpha value is -1.72. The fraction of sp³-hybridized carbons (Fsp3) is 0.105. The van der Waals surface area contributed by atoms with Crippen molar-refractivity contribution in [2.24, 2.45) is 0 Å². The summed E-state index contributed by atoms with van der Waals surface area (Å²) >= 11 is 0. The molecule has 0 aliphatic heterocycles. The van der Waals surface area contributed by atoms with E-state index in [1.807, 2.05) is 24.4 Å². The van der Waals surface area contributed by atoms with Gasteiger partial charge in [-0.05, 0) is 48.2 Å². The molecule has 3 rings (SSSR count). The third-order valence-corrected chi connectivity index (χ3v) is 3.62. The zero-order valence-electron chi connectivity index (χ0n) is 12.1. The van der Waals surface area contributed by atoms with Gasteiger partial charge in [-0.2, -0.15) is 0 Å². The first-order chi connectivity index (χ1) is 9.75. The Bertz CT molecular complexity index is 698. The van der Waals surface area contributed by atoms with Crippen LogP contribution in [0.15, 0.2) is 66.9 Å². The number of aryl methyl sites for hydroxylation is 2. The zero-order chi connectivity index (χ0) is 13.9. The van der Waals surface area contributed by atoms with Gasteiger partial charge in [0, 0.05) is 32.8 Å². The molecule has 1 heterocycles. The van der Waals surface area contributed by atoms with E-state index in [1.165, 1.54) is 22.3 Å². The summed E-state index contributed by atoms with van der Waals surface area (Å²) in [4.78, 5) is 4.39. The molecule has 0 amide bonds. The molecule has 0 fully saturated rings. The van der Waals surface area contributed by atoms with E-state index in [2.05, 4.69) is 61.3 Å². The summed E-state index contributed by atoms with van der Waals surface area (Å²) in [6.07, 6.45) is 1.83. The summed E-state index contributed by atoms with van der Waals surface area (Å²) in [5, 5.41) is 0. The molecule has 0 aliphatic carbocycles. The van der Waals surface area contributed by atoms with E-state index in [4.69, 9.17) is 0 Å². The summed E-state index contributed by atoms with van der Waals surface area (Å²) < 4.78 is 0. The van der Waals surface area contributed by atoms with Crippen LogP contribution in [0.4, 0.5) is 0 Å². The maximum Gasteiger partial charge on any atom is 0.0701 e. The minimum absolute atomic E-state index is 0. The molecule has 3 aromatic rings. The number of pyridine rings is 1. The van der Waals surface area contributed by atoms with E-state index in [9.17, 15) is 0 Å². The predicted octanol–water partition coefficient (Wildman–Crippen LogP) is 5.03. The van der Waals surface area contributed by atoms with Gasteiger partial charge in [0.15, 0.2) is 0 Å². The number of hydrogen-bond acceptors (Lipinski definition) is 1. The van der Waals surface area contributed by atoms with Gasteiger partial charge in [0.2, 0.25) is 0 Å². The minimum atomic E-state index is 0. The number of benzene rings is 2. The summed E-state index contributed by atoms with van der Waals surface area (Å²) in [5.41, 5.74) is 7.40. The molecule has 0 atom stereocenters. The van der Waals surface area contributed by atoms with Gasteiger partial charge in [0.05, 0.1) is 5.69 Å². The van der Waals surface area contributed by atoms with Crippen LogP contribution >= 0.6 is 0 Å². The van der Waals surface area contributed by atoms with E-state index >= 15 is 0 Å². The fourth-order valence-corrected chi connectivity index (χ4v) is 2.61. The second kappa shape index (κ2) is 6.82. The number of aromatic nitrogens is 1. The molecule has 1 aromatic heterocycles. The standard InChI is InChI=1S/C19H17N.Pt/c1-14-6-5-7-15(2)19(14)17-11-9-16(10-12-17)18-8-3-4-13-20-18;/h3-13H,1-2H3;. The molecule has 0 radical (unpaired) electrons. The SMILES string of the molecule is Cc1cccc(C)c1-c1ccc(-c2ccccn2)cc1.[Pt]. The van der Waals surface area contributed by atoms with E-state index in [0.717, 1.165) is 11.3 Å². The largest absolute Gasteiger partial charge is 0.256 e. The second-order valence-electron chi connectivity index (χ2n) is 5.06. The first-order valence-electron chi connectivity index (χ1n) is 6.84. The molecule has 2 aromatic carbocycles. The van der Waals surface area contributed by atoms with Gasteiger partial charge in [-0.1, -0.05) is 48.5 Å².